The summed E-state index contributed by atoms with van der Waals surface area (Å²) in [5.41, 5.74) is 0.0734. The van der Waals surface area contributed by atoms with Crippen molar-refractivity contribution in [2.24, 2.45) is 0 Å². The zero-order valence-corrected chi connectivity index (χ0v) is 16.1. The summed E-state index contributed by atoms with van der Waals surface area (Å²) in [6, 6.07) is 4.80. The first kappa shape index (κ1) is 20.5. The number of nitrogens with one attached hydrogen (secondary N) is 1. The van der Waals surface area contributed by atoms with Crippen LogP contribution in [0.4, 0.5) is 9.18 Å². The second-order valence-electron chi connectivity index (χ2n) is 7.54. The molecule has 2 amide bonds. The van der Waals surface area contributed by atoms with Crippen molar-refractivity contribution in [1.29, 1.82) is 0 Å². The molecule has 26 heavy (non-hydrogen) atoms. The Labute approximate surface area is 154 Å². The highest BCUT2D eigenvalue weighted by atomic mass is 19.1. The van der Waals surface area contributed by atoms with E-state index in [0.717, 1.165) is 18.7 Å². The number of carbonyl (C=O) groups is 1. The Morgan fingerprint density at radius 3 is 2.73 bits per heavy atom. The van der Waals surface area contributed by atoms with Gasteiger partial charge in [0.05, 0.1) is 12.7 Å². The third-order valence-corrected chi connectivity index (χ3v) is 4.49. The molecule has 1 aromatic carbocycles. The summed E-state index contributed by atoms with van der Waals surface area (Å²) in [4.78, 5) is 16.4. The normalized spacial score (nSPS) is 18.7. The monoisotopic (exact) mass is 367 g/mol. The van der Waals surface area contributed by atoms with Crippen molar-refractivity contribution < 1.29 is 19.0 Å². The molecule has 2 rings (SSSR count). The van der Waals surface area contributed by atoms with Crippen molar-refractivity contribution in [2.45, 2.75) is 38.8 Å². The van der Waals surface area contributed by atoms with Crippen molar-refractivity contribution in [3.8, 4) is 5.75 Å². The van der Waals surface area contributed by atoms with Crippen molar-refractivity contribution in [3.05, 3.63) is 29.6 Å². The van der Waals surface area contributed by atoms with Crippen LogP contribution in [-0.2, 0) is 6.42 Å². The van der Waals surface area contributed by atoms with Crippen molar-refractivity contribution in [2.75, 3.05) is 39.8 Å². The lowest BCUT2D eigenvalue weighted by Crippen LogP contribution is -2.58. The molecule has 1 aliphatic rings. The summed E-state index contributed by atoms with van der Waals surface area (Å²) < 4.78 is 18.6. The van der Waals surface area contributed by atoms with Crippen LogP contribution in [0.1, 0.15) is 26.3 Å². The van der Waals surface area contributed by atoms with E-state index in [4.69, 9.17) is 4.74 Å². The number of halogens is 1. The molecule has 0 bridgehead atoms. The molecule has 0 spiro atoms. The molecule has 0 aromatic heterocycles. The Morgan fingerprint density at radius 2 is 2.15 bits per heavy atom. The Hall–Kier alpha value is -1.86. The maximum absolute atomic E-state index is 13.7. The van der Waals surface area contributed by atoms with Crippen LogP contribution in [0.25, 0.3) is 0 Å². The van der Waals surface area contributed by atoms with Gasteiger partial charge in [-0.15, -0.1) is 0 Å². The van der Waals surface area contributed by atoms with Gasteiger partial charge in [0.25, 0.3) is 0 Å². The highest BCUT2D eigenvalue weighted by Gasteiger charge is 2.29. The van der Waals surface area contributed by atoms with Gasteiger partial charge in [0.1, 0.15) is 0 Å². The minimum Gasteiger partial charge on any atom is -0.494 e. The molecule has 0 aliphatic carbocycles. The molecule has 0 unspecified atom stereocenters. The van der Waals surface area contributed by atoms with Crippen LogP contribution in [0.5, 0.6) is 5.75 Å². The Balaban J connectivity index is 1.79. The standard InChI is InChI=1S/C19H30FN3O3/c1-14-12-22(13-19(2,3)25)9-10-23(14)18(24)21-8-7-15-5-6-17(26-4)16(20)11-15/h5-6,11,14,25H,7-10,12-13H2,1-4H3,(H,21,24)/t14-/m0/s1. The lowest BCUT2D eigenvalue weighted by Gasteiger charge is -2.41. The predicted octanol–water partition coefficient (Wildman–Crippen LogP) is 1.86. The first-order chi connectivity index (χ1) is 12.2. The number of benzene rings is 1. The number of hydrogen-bond donors (Lipinski definition) is 2. The van der Waals surface area contributed by atoms with Crippen LogP contribution >= 0.6 is 0 Å². The summed E-state index contributed by atoms with van der Waals surface area (Å²) >= 11 is 0. The van der Waals surface area contributed by atoms with Gasteiger partial charge in [0, 0.05) is 38.8 Å². The molecule has 6 nitrogen and oxygen atoms in total. The molecule has 1 saturated heterocycles. The molecule has 1 fully saturated rings. The predicted molar refractivity (Wildman–Crippen MR) is 99.0 cm³/mol. The van der Waals surface area contributed by atoms with E-state index in [-0.39, 0.29) is 17.8 Å². The summed E-state index contributed by atoms with van der Waals surface area (Å²) in [5, 5.41) is 12.8. The summed E-state index contributed by atoms with van der Waals surface area (Å²) in [7, 11) is 1.43. The largest absolute Gasteiger partial charge is 0.494 e. The minimum absolute atomic E-state index is 0.0736. The van der Waals surface area contributed by atoms with Crippen LogP contribution in [0, 0.1) is 5.82 Å². The highest BCUT2D eigenvalue weighted by Crippen LogP contribution is 2.18. The van der Waals surface area contributed by atoms with E-state index >= 15 is 0 Å². The van der Waals surface area contributed by atoms with E-state index < -0.39 is 11.4 Å². The molecular formula is C19H30FN3O3. The van der Waals surface area contributed by atoms with Gasteiger partial charge in [-0.05, 0) is 44.9 Å². The Bertz CT molecular complexity index is 619. The van der Waals surface area contributed by atoms with Crippen LogP contribution < -0.4 is 10.1 Å². The summed E-state index contributed by atoms with van der Waals surface area (Å²) in [6.45, 7) is 8.73. The van der Waals surface area contributed by atoms with Crippen LogP contribution in [0.3, 0.4) is 0 Å². The maximum Gasteiger partial charge on any atom is 0.317 e. The summed E-state index contributed by atoms with van der Waals surface area (Å²) in [6.07, 6.45) is 0.555. The van der Waals surface area contributed by atoms with Crippen LogP contribution in [-0.4, -0.2) is 72.4 Å². The fourth-order valence-electron chi connectivity index (χ4n) is 3.31. The number of β-amino-alcohol motifs (C(OH)–C–C–N with tert-alkyl or cyclic N) is 1. The zero-order valence-electron chi connectivity index (χ0n) is 16.1. The second-order valence-corrected chi connectivity index (χ2v) is 7.54. The van der Waals surface area contributed by atoms with Gasteiger partial charge >= 0.3 is 6.03 Å². The average Bonchev–Trinajstić information content (AvgIpc) is 2.53. The van der Waals surface area contributed by atoms with Gasteiger partial charge in [-0.1, -0.05) is 6.07 Å². The van der Waals surface area contributed by atoms with Crippen molar-refractivity contribution in [3.63, 3.8) is 0 Å². The number of aliphatic hydroxyl groups is 1. The van der Waals surface area contributed by atoms with Gasteiger partial charge in [-0.25, -0.2) is 9.18 Å². The first-order valence-corrected chi connectivity index (χ1v) is 9.01. The van der Waals surface area contributed by atoms with Gasteiger partial charge < -0.3 is 20.1 Å². The topological polar surface area (TPSA) is 65.0 Å². The third-order valence-electron chi connectivity index (χ3n) is 4.49. The fourth-order valence-corrected chi connectivity index (χ4v) is 3.31. The van der Waals surface area contributed by atoms with Crippen molar-refractivity contribution >= 4 is 6.03 Å². The third kappa shape index (κ3) is 5.85. The van der Waals surface area contributed by atoms with Gasteiger partial charge in [-0.3, -0.25) is 4.90 Å². The zero-order chi connectivity index (χ0) is 19.3. The molecule has 1 atom stereocenters. The van der Waals surface area contributed by atoms with Crippen molar-refractivity contribution in [1.82, 2.24) is 15.1 Å². The number of nitrogens with zero attached hydrogens (tertiary/aromatic N) is 2. The number of urea groups is 1. The molecule has 1 aromatic rings. The van der Waals surface area contributed by atoms with E-state index in [0.29, 0.717) is 26.1 Å². The number of amides is 2. The van der Waals surface area contributed by atoms with E-state index in [9.17, 15) is 14.3 Å². The lowest BCUT2D eigenvalue weighted by molar-refractivity contribution is 0.0119. The molecule has 1 heterocycles. The second kappa shape index (κ2) is 8.68. The molecule has 1 aliphatic heterocycles. The molecule has 146 valence electrons. The van der Waals surface area contributed by atoms with Gasteiger partial charge in [0.2, 0.25) is 0 Å². The Morgan fingerprint density at radius 1 is 1.42 bits per heavy atom. The maximum atomic E-state index is 13.7. The minimum atomic E-state index is -0.738. The molecule has 0 saturated carbocycles. The number of ether oxygens (including phenoxy) is 1. The Kier molecular flexibility index (Phi) is 6.83. The quantitative estimate of drug-likeness (QED) is 0.806. The van der Waals surface area contributed by atoms with Gasteiger partial charge in [-0.2, -0.15) is 0 Å². The highest BCUT2D eigenvalue weighted by molar-refractivity contribution is 5.74. The SMILES string of the molecule is COc1ccc(CCNC(=O)N2CCN(CC(C)(C)O)C[C@@H]2C)cc1F. The number of rotatable bonds is 6. The number of carbonyl (C=O) groups excluding carboxylic acids is 1. The number of piperazine rings is 1. The average molecular weight is 367 g/mol. The number of hydrogen-bond acceptors (Lipinski definition) is 4. The van der Waals surface area contributed by atoms with Crippen LogP contribution in [0.15, 0.2) is 18.2 Å². The van der Waals surface area contributed by atoms with Crippen LogP contribution in [0.2, 0.25) is 0 Å². The smallest absolute Gasteiger partial charge is 0.317 e. The molecule has 0 radical (unpaired) electrons. The molecule has 2 N–H and O–H groups in total. The molecular weight excluding hydrogens is 337 g/mol. The van der Waals surface area contributed by atoms with E-state index in [1.165, 1.54) is 13.2 Å². The van der Waals surface area contributed by atoms with Gasteiger partial charge in [0.15, 0.2) is 11.6 Å². The number of methoxy groups -OCH3 is 1. The van der Waals surface area contributed by atoms with E-state index in [1.54, 1.807) is 26.0 Å². The summed E-state index contributed by atoms with van der Waals surface area (Å²) in [5.74, 6) is -0.177. The van der Waals surface area contributed by atoms with E-state index in [2.05, 4.69) is 10.2 Å². The lowest BCUT2D eigenvalue weighted by atomic mass is 10.1. The van der Waals surface area contributed by atoms with E-state index in [1.807, 2.05) is 11.8 Å². The molecule has 7 heteroatoms. The fraction of sp³-hybridized carbons (Fsp3) is 0.632. The first-order valence-electron chi connectivity index (χ1n) is 9.01.